The Hall–Kier alpha value is -0.730. The maximum Gasteiger partial charge on any atom is 0.409 e. The number of nitrogens with zero attached hydrogens (tertiary/aromatic N) is 1. The Morgan fingerprint density at radius 1 is 1.21 bits per heavy atom. The first-order chi connectivity index (χ1) is 6.79. The molecule has 3 heteroatoms. The lowest BCUT2D eigenvalue weighted by molar-refractivity contribution is 0.128. The van der Waals surface area contributed by atoms with Crippen molar-refractivity contribution in [2.24, 2.45) is 23.7 Å². The normalized spacial score (nSPS) is 44.2. The molecule has 0 aromatic carbocycles. The lowest BCUT2D eigenvalue weighted by Crippen LogP contribution is -2.29. The van der Waals surface area contributed by atoms with Crippen LogP contribution in [0, 0.1) is 23.7 Å². The maximum absolute atomic E-state index is 11.4. The van der Waals surface area contributed by atoms with Gasteiger partial charge in [0.05, 0.1) is 7.11 Å². The third-order valence-corrected chi connectivity index (χ3v) is 4.57. The van der Waals surface area contributed by atoms with Gasteiger partial charge in [0, 0.05) is 13.1 Å². The molecule has 2 saturated carbocycles. The quantitative estimate of drug-likeness (QED) is 0.589. The van der Waals surface area contributed by atoms with Crippen molar-refractivity contribution in [2.45, 2.75) is 19.3 Å². The van der Waals surface area contributed by atoms with Crippen molar-refractivity contribution in [2.75, 3.05) is 20.2 Å². The molecule has 0 aromatic rings. The van der Waals surface area contributed by atoms with Crippen LogP contribution in [0.4, 0.5) is 4.79 Å². The number of fused-ring (bicyclic) bond motifs is 5. The number of amides is 1. The number of hydrogen-bond donors (Lipinski definition) is 0. The highest BCUT2D eigenvalue weighted by Gasteiger charge is 2.52. The highest BCUT2D eigenvalue weighted by Crippen LogP contribution is 2.55. The number of likely N-dealkylation sites (tertiary alicyclic amines) is 1. The lowest BCUT2D eigenvalue weighted by atomic mass is 9.82. The molecule has 2 bridgehead atoms. The molecule has 1 amide bonds. The standard InChI is InChI=1S/C11H17NO2/c1-14-11(13)12-5-9-7-2-3-8(4-7)10(9)6-12/h7-10H,2-6H2,1H3. The summed E-state index contributed by atoms with van der Waals surface area (Å²) in [4.78, 5) is 13.3. The van der Waals surface area contributed by atoms with Gasteiger partial charge in [0.15, 0.2) is 0 Å². The molecule has 14 heavy (non-hydrogen) atoms. The van der Waals surface area contributed by atoms with Gasteiger partial charge in [0.1, 0.15) is 0 Å². The molecule has 78 valence electrons. The van der Waals surface area contributed by atoms with Gasteiger partial charge >= 0.3 is 6.09 Å². The summed E-state index contributed by atoms with van der Waals surface area (Å²) >= 11 is 0. The van der Waals surface area contributed by atoms with E-state index in [0.29, 0.717) is 0 Å². The first-order valence-corrected chi connectivity index (χ1v) is 5.62. The first kappa shape index (κ1) is 8.57. The minimum absolute atomic E-state index is 0.126. The molecule has 0 N–H and O–H groups in total. The Morgan fingerprint density at radius 2 is 1.79 bits per heavy atom. The molecule has 1 saturated heterocycles. The van der Waals surface area contributed by atoms with E-state index in [4.69, 9.17) is 4.74 Å². The molecule has 4 unspecified atom stereocenters. The lowest BCUT2D eigenvalue weighted by Gasteiger charge is -2.22. The van der Waals surface area contributed by atoms with E-state index in [-0.39, 0.29) is 6.09 Å². The summed E-state index contributed by atoms with van der Waals surface area (Å²) in [6.45, 7) is 1.91. The smallest absolute Gasteiger partial charge is 0.409 e. The number of ether oxygens (including phenoxy) is 1. The molecule has 3 aliphatic rings. The Labute approximate surface area is 84.4 Å². The fourth-order valence-corrected chi connectivity index (χ4v) is 3.96. The number of carbonyl (C=O) groups is 1. The third kappa shape index (κ3) is 1.01. The van der Waals surface area contributed by atoms with Crippen molar-refractivity contribution in [3.63, 3.8) is 0 Å². The highest BCUT2D eigenvalue weighted by molar-refractivity contribution is 5.67. The van der Waals surface area contributed by atoms with Gasteiger partial charge in [0.25, 0.3) is 0 Å². The molecular weight excluding hydrogens is 178 g/mol. The average Bonchev–Trinajstić information content (AvgIpc) is 2.87. The third-order valence-electron chi connectivity index (χ3n) is 4.57. The fourth-order valence-electron chi connectivity index (χ4n) is 3.96. The van der Waals surface area contributed by atoms with Crippen molar-refractivity contribution < 1.29 is 9.53 Å². The predicted molar refractivity (Wildman–Crippen MR) is 51.8 cm³/mol. The van der Waals surface area contributed by atoms with Gasteiger partial charge in [0.2, 0.25) is 0 Å². The number of hydrogen-bond acceptors (Lipinski definition) is 2. The Kier molecular flexibility index (Phi) is 1.76. The van der Waals surface area contributed by atoms with Crippen LogP contribution >= 0.6 is 0 Å². The summed E-state index contributed by atoms with van der Waals surface area (Å²) in [7, 11) is 1.48. The van der Waals surface area contributed by atoms with E-state index >= 15 is 0 Å². The van der Waals surface area contributed by atoms with Crippen molar-refractivity contribution >= 4 is 6.09 Å². The second kappa shape index (κ2) is 2.88. The molecule has 3 rings (SSSR count). The largest absolute Gasteiger partial charge is 0.453 e. The second-order valence-electron chi connectivity index (χ2n) is 5.04. The van der Waals surface area contributed by atoms with Crippen LogP contribution in [-0.2, 0) is 4.74 Å². The summed E-state index contributed by atoms with van der Waals surface area (Å²) in [5, 5.41) is 0. The molecule has 3 fully saturated rings. The topological polar surface area (TPSA) is 29.5 Å². The monoisotopic (exact) mass is 195 g/mol. The Morgan fingerprint density at radius 3 is 2.29 bits per heavy atom. The maximum atomic E-state index is 11.4. The molecule has 1 aliphatic heterocycles. The zero-order valence-corrected chi connectivity index (χ0v) is 8.61. The van der Waals surface area contributed by atoms with Crippen molar-refractivity contribution in [3.8, 4) is 0 Å². The number of rotatable bonds is 0. The van der Waals surface area contributed by atoms with Crippen LogP contribution in [0.15, 0.2) is 0 Å². The van der Waals surface area contributed by atoms with Crippen LogP contribution in [-0.4, -0.2) is 31.2 Å². The summed E-state index contributed by atoms with van der Waals surface area (Å²) < 4.78 is 4.78. The fraction of sp³-hybridized carbons (Fsp3) is 0.909. The van der Waals surface area contributed by atoms with Gasteiger partial charge in [-0.2, -0.15) is 0 Å². The van der Waals surface area contributed by atoms with Crippen LogP contribution in [0.1, 0.15) is 19.3 Å². The van der Waals surface area contributed by atoms with Crippen LogP contribution in [0.25, 0.3) is 0 Å². The van der Waals surface area contributed by atoms with E-state index in [9.17, 15) is 4.79 Å². The van der Waals surface area contributed by atoms with Crippen molar-refractivity contribution in [1.82, 2.24) is 4.90 Å². The van der Waals surface area contributed by atoms with Gasteiger partial charge in [-0.1, -0.05) is 0 Å². The molecular formula is C11H17NO2. The molecule has 0 radical (unpaired) electrons. The summed E-state index contributed by atoms with van der Waals surface area (Å²) in [5.41, 5.74) is 0. The van der Waals surface area contributed by atoms with E-state index in [2.05, 4.69) is 0 Å². The van der Waals surface area contributed by atoms with Crippen LogP contribution in [0.2, 0.25) is 0 Å². The SMILES string of the molecule is COC(=O)N1CC2C3CCC(C3)C2C1. The minimum Gasteiger partial charge on any atom is -0.453 e. The van der Waals surface area contributed by atoms with Gasteiger partial charge in [-0.3, -0.25) is 0 Å². The molecule has 3 nitrogen and oxygen atoms in total. The van der Waals surface area contributed by atoms with E-state index in [1.165, 1.54) is 26.4 Å². The average molecular weight is 195 g/mol. The van der Waals surface area contributed by atoms with Crippen molar-refractivity contribution in [3.05, 3.63) is 0 Å². The molecule has 0 spiro atoms. The van der Waals surface area contributed by atoms with Gasteiger partial charge < -0.3 is 9.64 Å². The number of methoxy groups -OCH3 is 1. The van der Waals surface area contributed by atoms with E-state index in [1.54, 1.807) is 0 Å². The summed E-state index contributed by atoms with van der Waals surface area (Å²) in [6, 6.07) is 0. The highest BCUT2D eigenvalue weighted by atomic mass is 16.5. The number of carbonyl (C=O) groups excluding carboxylic acids is 1. The van der Waals surface area contributed by atoms with Crippen LogP contribution < -0.4 is 0 Å². The summed E-state index contributed by atoms with van der Waals surface area (Å²) in [6.07, 6.45) is 4.12. The predicted octanol–water partition coefficient (Wildman–Crippen LogP) is 1.73. The van der Waals surface area contributed by atoms with Gasteiger partial charge in [-0.15, -0.1) is 0 Å². The zero-order valence-electron chi connectivity index (χ0n) is 8.61. The molecule has 4 atom stereocenters. The minimum atomic E-state index is -0.126. The molecule has 2 aliphatic carbocycles. The Balaban J connectivity index is 1.73. The first-order valence-electron chi connectivity index (χ1n) is 5.62. The molecule has 0 aromatic heterocycles. The Bertz CT molecular complexity index is 248. The second-order valence-corrected chi connectivity index (χ2v) is 5.04. The van der Waals surface area contributed by atoms with Crippen LogP contribution in [0.3, 0.4) is 0 Å². The van der Waals surface area contributed by atoms with Gasteiger partial charge in [-0.25, -0.2) is 4.79 Å². The van der Waals surface area contributed by atoms with E-state index in [1.807, 2.05) is 4.90 Å². The van der Waals surface area contributed by atoms with Gasteiger partial charge in [-0.05, 0) is 42.9 Å². The van der Waals surface area contributed by atoms with E-state index in [0.717, 1.165) is 36.8 Å². The zero-order chi connectivity index (χ0) is 9.71. The van der Waals surface area contributed by atoms with E-state index < -0.39 is 0 Å². The molecule has 1 heterocycles. The van der Waals surface area contributed by atoms with Crippen molar-refractivity contribution in [1.29, 1.82) is 0 Å². The summed E-state index contributed by atoms with van der Waals surface area (Å²) in [5.74, 6) is 3.43. The van der Waals surface area contributed by atoms with Crippen LogP contribution in [0.5, 0.6) is 0 Å².